The second-order valence-corrected chi connectivity index (χ2v) is 7.17. The number of nitrogens with one attached hydrogen (secondary N) is 1. The average molecular weight is 337 g/mol. The van der Waals surface area contributed by atoms with Crippen LogP contribution in [0.1, 0.15) is 36.3 Å². The van der Waals surface area contributed by atoms with Crippen molar-refractivity contribution in [1.82, 2.24) is 15.0 Å². The smallest absolute Gasteiger partial charge is 0.140 e. The molecule has 1 saturated heterocycles. The summed E-state index contributed by atoms with van der Waals surface area (Å²) in [6, 6.07) is 8.29. The third-order valence-electron chi connectivity index (χ3n) is 5.54. The molecular formula is C20H23N3O2. The van der Waals surface area contributed by atoms with Crippen LogP contribution in [0, 0.1) is 0 Å². The second-order valence-electron chi connectivity index (χ2n) is 7.17. The number of benzene rings is 1. The first-order valence-corrected chi connectivity index (χ1v) is 9.28. The van der Waals surface area contributed by atoms with E-state index in [4.69, 9.17) is 9.26 Å². The zero-order valence-electron chi connectivity index (χ0n) is 14.3. The molecule has 5 rings (SSSR count). The molecule has 25 heavy (non-hydrogen) atoms. The number of likely N-dealkylation sites (tertiary alicyclic amines) is 1. The van der Waals surface area contributed by atoms with E-state index in [1.54, 1.807) is 0 Å². The van der Waals surface area contributed by atoms with Gasteiger partial charge in [-0.2, -0.15) is 0 Å². The highest BCUT2D eigenvalue weighted by Gasteiger charge is 2.25. The van der Waals surface area contributed by atoms with Crippen LogP contribution in [0.15, 0.2) is 35.0 Å². The molecule has 0 atom stereocenters. The number of rotatable bonds is 4. The Balaban J connectivity index is 1.21. The normalized spacial score (nSPS) is 18.7. The van der Waals surface area contributed by atoms with Gasteiger partial charge in [0.1, 0.15) is 23.3 Å². The van der Waals surface area contributed by atoms with Gasteiger partial charge < -0.3 is 14.2 Å². The zero-order valence-corrected chi connectivity index (χ0v) is 14.3. The highest BCUT2D eigenvalue weighted by Crippen LogP contribution is 2.29. The predicted octanol–water partition coefficient (Wildman–Crippen LogP) is 3.69. The molecule has 0 unspecified atom stereocenters. The summed E-state index contributed by atoms with van der Waals surface area (Å²) in [7, 11) is 0. The highest BCUT2D eigenvalue weighted by molar-refractivity contribution is 5.85. The van der Waals surface area contributed by atoms with Gasteiger partial charge in [0.05, 0.1) is 0 Å². The fourth-order valence-electron chi connectivity index (χ4n) is 4.15. The molecule has 2 aliphatic rings. The fourth-order valence-corrected chi connectivity index (χ4v) is 4.15. The SMILES string of the molecule is c1cc(OC2CCN(Cc3noc4c3CCC4)CC2)c2cc[nH]c2c1. The molecule has 0 bridgehead atoms. The van der Waals surface area contributed by atoms with Gasteiger partial charge in [0.2, 0.25) is 0 Å². The van der Waals surface area contributed by atoms with Crippen molar-refractivity contribution in [3.63, 3.8) is 0 Å². The monoisotopic (exact) mass is 337 g/mol. The van der Waals surface area contributed by atoms with Crippen LogP contribution in [0.2, 0.25) is 0 Å². The Hall–Kier alpha value is -2.27. The summed E-state index contributed by atoms with van der Waals surface area (Å²) in [4.78, 5) is 5.72. The first kappa shape index (κ1) is 15.0. The Kier molecular flexibility index (Phi) is 3.74. The zero-order chi connectivity index (χ0) is 16.6. The van der Waals surface area contributed by atoms with Crippen LogP contribution in [0.5, 0.6) is 5.75 Å². The van der Waals surface area contributed by atoms with Gasteiger partial charge in [-0.3, -0.25) is 4.90 Å². The Labute approximate surface area is 146 Å². The molecule has 3 aromatic rings. The molecule has 1 aliphatic heterocycles. The van der Waals surface area contributed by atoms with E-state index in [-0.39, 0.29) is 0 Å². The van der Waals surface area contributed by atoms with Gasteiger partial charge in [-0.15, -0.1) is 0 Å². The third kappa shape index (κ3) is 2.82. The lowest BCUT2D eigenvalue weighted by Crippen LogP contribution is -2.38. The minimum absolute atomic E-state index is 0.291. The highest BCUT2D eigenvalue weighted by atomic mass is 16.5. The lowest BCUT2D eigenvalue weighted by molar-refractivity contribution is 0.0965. The fraction of sp³-hybridized carbons (Fsp3) is 0.450. The van der Waals surface area contributed by atoms with Crippen LogP contribution in [0.25, 0.3) is 10.9 Å². The predicted molar refractivity (Wildman–Crippen MR) is 95.8 cm³/mol. The van der Waals surface area contributed by atoms with Crippen molar-refractivity contribution >= 4 is 10.9 Å². The lowest BCUT2D eigenvalue weighted by Gasteiger charge is -2.31. The van der Waals surface area contributed by atoms with E-state index in [2.05, 4.69) is 39.3 Å². The molecule has 5 heteroatoms. The molecule has 0 radical (unpaired) electrons. The van der Waals surface area contributed by atoms with Crippen LogP contribution < -0.4 is 4.74 Å². The molecule has 2 aromatic heterocycles. The minimum Gasteiger partial charge on any atom is -0.490 e. The van der Waals surface area contributed by atoms with Crippen molar-refractivity contribution < 1.29 is 9.26 Å². The Morgan fingerprint density at radius 2 is 2.12 bits per heavy atom. The van der Waals surface area contributed by atoms with E-state index >= 15 is 0 Å². The number of hydrogen-bond acceptors (Lipinski definition) is 4. The molecular weight excluding hydrogens is 314 g/mol. The summed E-state index contributed by atoms with van der Waals surface area (Å²) in [5, 5.41) is 5.47. The summed E-state index contributed by atoms with van der Waals surface area (Å²) in [5.74, 6) is 2.11. The van der Waals surface area contributed by atoms with Crippen LogP contribution in [-0.4, -0.2) is 34.2 Å². The first-order valence-electron chi connectivity index (χ1n) is 9.28. The van der Waals surface area contributed by atoms with Crippen molar-refractivity contribution in [3.05, 3.63) is 47.5 Å². The minimum atomic E-state index is 0.291. The number of ether oxygens (including phenoxy) is 1. The maximum absolute atomic E-state index is 6.30. The standard InChI is InChI=1S/C20H23N3O2/c1-3-15-18(22-25-20(15)6-1)13-23-11-8-14(9-12-23)24-19-5-2-4-17-16(19)7-10-21-17/h2,4-5,7,10,14,21H,1,3,6,8-9,11-13H2. The molecule has 1 fully saturated rings. The first-order chi connectivity index (χ1) is 12.4. The number of aromatic amines is 1. The van der Waals surface area contributed by atoms with Crippen molar-refractivity contribution in [3.8, 4) is 5.75 Å². The topological polar surface area (TPSA) is 54.3 Å². The Morgan fingerprint density at radius 1 is 1.20 bits per heavy atom. The molecule has 0 spiro atoms. The third-order valence-corrected chi connectivity index (χ3v) is 5.54. The van der Waals surface area contributed by atoms with E-state index < -0.39 is 0 Å². The van der Waals surface area contributed by atoms with Gasteiger partial charge in [-0.1, -0.05) is 11.2 Å². The van der Waals surface area contributed by atoms with Crippen LogP contribution >= 0.6 is 0 Å². The summed E-state index contributed by atoms with van der Waals surface area (Å²) in [6.07, 6.45) is 7.78. The second kappa shape index (κ2) is 6.23. The van der Waals surface area contributed by atoms with Crippen LogP contribution in [0.3, 0.4) is 0 Å². The van der Waals surface area contributed by atoms with Crippen LogP contribution in [0.4, 0.5) is 0 Å². The lowest BCUT2D eigenvalue weighted by atomic mass is 10.1. The molecule has 0 amide bonds. The number of aryl methyl sites for hydroxylation is 1. The molecule has 5 nitrogen and oxygen atoms in total. The number of nitrogens with zero attached hydrogens (tertiary/aromatic N) is 2. The molecule has 1 aromatic carbocycles. The molecule has 3 heterocycles. The van der Waals surface area contributed by atoms with E-state index in [1.165, 1.54) is 17.4 Å². The van der Waals surface area contributed by atoms with Gasteiger partial charge in [-0.05, 0) is 43.9 Å². The largest absolute Gasteiger partial charge is 0.490 e. The number of piperidine rings is 1. The Morgan fingerprint density at radius 3 is 3.04 bits per heavy atom. The van der Waals surface area contributed by atoms with E-state index in [9.17, 15) is 0 Å². The van der Waals surface area contributed by atoms with Crippen molar-refractivity contribution in [2.24, 2.45) is 0 Å². The van der Waals surface area contributed by atoms with Gasteiger partial charge in [-0.25, -0.2) is 0 Å². The van der Waals surface area contributed by atoms with Crippen molar-refractivity contribution in [2.45, 2.75) is 44.8 Å². The van der Waals surface area contributed by atoms with Gasteiger partial charge in [0, 0.05) is 48.7 Å². The molecule has 1 aliphatic carbocycles. The average Bonchev–Trinajstić information content (AvgIpc) is 3.35. The van der Waals surface area contributed by atoms with Crippen LogP contribution in [-0.2, 0) is 19.4 Å². The van der Waals surface area contributed by atoms with Gasteiger partial charge in [0.15, 0.2) is 0 Å². The number of fused-ring (bicyclic) bond motifs is 2. The van der Waals surface area contributed by atoms with Crippen molar-refractivity contribution in [1.29, 1.82) is 0 Å². The number of aromatic nitrogens is 2. The summed E-state index contributed by atoms with van der Waals surface area (Å²) >= 11 is 0. The van der Waals surface area contributed by atoms with E-state index in [0.29, 0.717) is 6.10 Å². The molecule has 130 valence electrons. The Bertz CT molecular complexity index is 874. The maximum Gasteiger partial charge on any atom is 0.140 e. The quantitative estimate of drug-likeness (QED) is 0.789. The number of hydrogen-bond donors (Lipinski definition) is 1. The molecule has 0 saturated carbocycles. The van der Waals surface area contributed by atoms with Gasteiger partial charge in [0.25, 0.3) is 0 Å². The maximum atomic E-state index is 6.30. The number of H-pyrrole nitrogens is 1. The summed E-state index contributed by atoms with van der Waals surface area (Å²) < 4.78 is 11.8. The van der Waals surface area contributed by atoms with E-state index in [1.807, 2.05) is 6.20 Å². The summed E-state index contributed by atoms with van der Waals surface area (Å²) in [5.41, 5.74) is 3.66. The molecule has 1 N–H and O–H groups in total. The van der Waals surface area contributed by atoms with Crippen molar-refractivity contribution in [2.75, 3.05) is 13.1 Å². The van der Waals surface area contributed by atoms with E-state index in [0.717, 1.165) is 68.0 Å². The van der Waals surface area contributed by atoms with Gasteiger partial charge >= 0.3 is 0 Å². The summed E-state index contributed by atoms with van der Waals surface area (Å²) in [6.45, 7) is 3.02.